The molecule has 0 spiro atoms. The van der Waals surface area contributed by atoms with Gasteiger partial charge in [0.1, 0.15) is 11.5 Å². The predicted octanol–water partition coefficient (Wildman–Crippen LogP) is 3.37. The second kappa shape index (κ2) is 6.70. The number of hydrogen-bond acceptors (Lipinski definition) is 4. The van der Waals surface area contributed by atoms with E-state index in [0.717, 1.165) is 22.6 Å². The van der Waals surface area contributed by atoms with E-state index in [1.807, 2.05) is 30.4 Å². The van der Waals surface area contributed by atoms with E-state index in [1.165, 1.54) is 12.1 Å². The topological polar surface area (TPSA) is 58.9 Å². The molecule has 0 unspecified atom stereocenters. The fraction of sp³-hybridized carbons (Fsp3) is 0.176. The highest BCUT2D eigenvalue weighted by atomic mass is 16.5. The number of allylic oxidation sites excluding steroid dienone is 1. The Morgan fingerprint density at radius 1 is 0.952 bits per heavy atom. The quantitative estimate of drug-likeness (QED) is 0.827. The number of benzene rings is 2. The van der Waals surface area contributed by atoms with Gasteiger partial charge >= 0.3 is 0 Å². The number of rotatable bonds is 5. The lowest BCUT2D eigenvalue weighted by Gasteiger charge is -2.08. The fourth-order valence-corrected chi connectivity index (χ4v) is 2.01. The van der Waals surface area contributed by atoms with Gasteiger partial charge in [0.05, 0.1) is 14.2 Å². The van der Waals surface area contributed by atoms with E-state index in [0.29, 0.717) is 6.42 Å². The van der Waals surface area contributed by atoms with Crippen molar-refractivity contribution in [2.24, 2.45) is 0 Å². The minimum absolute atomic E-state index is 0.124. The molecule has 0 fully saturated rings. The Morgan fingerprint density at radius 3 is 2.43 bits per heavy atom. The van der Waals surface area contributed by atoms with Gasteiger partial charge < -0.3 is 19.7 Å². The van der Waals surface area contributed by atoms with Gasteiger partial charge in [0, 0.05) is 5.56 Å². The molecule has 4 heteroatoms. The van der Waals surface area contributed by atoms with Crippen molar-refractivity contribution in [2.75, 3.05) is 14.2 Å². The predicted molar refractivity (Wildman–Crippen MR) is 82.1 cm³/mol. The van der Waals surface area contributed by atoms with Crippen molar-refractivity contribution in [3.8, 4) is 23.0 Å². The van der Waals surface area contributed by atoms with Crippen LogP contribution in [0.2, 0.25) is 0 Å². The van der Waals surface area contributed by atoms with Crippen LogP contribution in [0.4, 0.5) is 0 Å². The molecule has 0 aliphatic carbocycles. The van der Waals surface area contributed by atoms with Crippen LogP contribution in [0.3, 0.4) is 0 Å². The van der Waals surface area contributed by atoms with Crippen LogP contribution in [0.25, 0.3) is 6.08 Å². The molecule has 0 radical (unpaired) electrons. The molecule has 0 aromatic heterocycles. The SMILES string of the molecule is COc1ccc(OC)c(C/C=C/c2ccc(O)c(O)c2)c1. The molecule has 0 amide bonds. The standard InChI is InChI=1S/C17H18O4/c1-20-14-7-9-17(21-2)13(11-14)5-3-4-12-6-8-15(18)16(19)10-12/h3-4,6-11,18-19H,5H2,1-2H3/b4-3+. The van der Waals surface area contributed by atoms with Gasteiger partial charge in [-0.3, -0.25) is 0 Å². The van der Waals surface area contributed by atoms with Gasteiger partial charge in [-0.1, -0.05) is 18.2 Å². The van der Waals surface area contributed by atoms with Gasteiger partial charge in [-0.25, -0.2) is 0 Å². The molecule has 110 valence electrons. The third-order valence-corrected chi connectivity index (χ3v) is 3.14. The zero-order valence-corrected chi connectivity index (χ0v) is 12.0. The van der Waals surface area contributed by atoms with Crippen molar-refractivity contribution in [3.05, 3.63) is 53.6 Å². The van der Waals surface area contributed by atoms with Crippen molar-refractivity contribution in [1.82, 2.24) is 0 Å². The largest absolute Gasteiger partial charge is 0.504 e. The summed E-state index contributed by atoms with van der Waals surface area (Å²) in [7, 11) is 3.26. The molecule has 0 saturated carbocycles. The maximum Gasteiger partial charge on any atom is 0.157 e. The zero-order valence-electron chi connectivity index (χ0n) is 12.0. The van der Waals surface area contributed by atoms with Gasteiger partial charge in [-0.05, 0) is 42.3 Å². The van der Waals surface area contributed by atoms with Crippen molar-refractivity contribution in [1.29, 1.82) is 0 Å². The lowest BCUT2D eigenvalue weighted by Crippen LogP contribution is -1.92. The minimum Gasteiger partial charge on any atom is -0.504 e. The van der Waals surface area contributed by atoms with Crippen molar-refractivity contribution in [2.45, 2.75) is 6.42 Å². The zero-order chi connectivity index (χ0) is 15.2. The van der Waals surface area contributed by atoms with Crippen LogP contribution in [0.5, 0.6) is 23.0 Å². The van der Waals surface area contributed by atoms with Crippen molar-refractivity contribution < 1.29 is 19.7 Å². The van der Waals surface area contributed by atoms with Gasteiger partial charge in [-0.2, -0.15) is 0 Å². The van der Waals surface area contributed by atoms with E-state index in [2.05, 4.69) is 0 Å². The summed E-state index contributed by atoms with van der Waals surface area (Å²) in [6.07, 6.45) is 4.50. The number of methoxy groups -OCH3 is 2. The average molecular weight is 286 g/mol. The highest BCUT2D eigenvalue weighted by Crippen LogP contribution is 2.27. The summed E-state index contributed by atoms with van der Waals surface area (Å²) in [6.45, 7) is 0. The summed E-state index contributed by atoms with van der Waals surface area (Å²) in [5.41, 5.74) is 1.82. The van der Waals surface area contributed by atoms with E-state index >= 15 is 0 Å². The van der Waals surface area contributed by atoms with E-state index in [1.54, 1.807) is 20.3 Å². The molecule has 4 nitrogen and oxygen atoms in total. The highest BCUT2D eigenvalue weighted by Gasteiger charge is 2.03. The van der Waals surface area contributed by atoms with Gasteiger partial charge in [-0.15, -0.1) is 0 Å². The number of hydrogen-bond donors (Lipinski definition) is 2. The van der Waals surface area contributed by atoms with Crippen LogP contribution in [-0.4, -0.2) is 24.4 Å². The third-order valence-electron chi connectivity index (χ3n) is 3.14. The Bertz CT molecular complexity index is 647. The van der Waals surface area contributed by atoms with Crippen LogP contribution < -0.4 is 9.47 Å². The first kappa shape index (κ1) is 14.8. The van der Waals surface area contributed by atoms with Crippen LogP contribution in [0.1, 0.15) is 11.1 Å². The lowest BCUT2D eigenvalue weighted by molar-refractivity contribution is 0.399. The summed E-state index contributed by atoms with van der Waals surface area (Å²) in [6, 6.07) is 10.3. The van der Waals surface area contributed by atoms with Gasteiger partial charge in [0.25, 0.3) is 0 Å². The van der Waals surface area contributed by atoms with Crippen LogP contribution in [-0.2, 0) is 6.42 Å². The van der Waals surface area contributed by atoms with Gasteiger partial charge in [0.15, 0.2) is 11.5 Å². The second-order valence-electron chi connectivity index (χ2n) is 4.53. The molecule has 21 heavy (non-hydrogen) atoms. The maximum absolute atomic E-state index is 9.45. The monoisotopic (exact) mass is 286 g/mol. The Morgan fingerprint density at radius 2 is 1.76 bits per heavy atom. The fourth-order valence-electron chi connectivity index (χ4n) is 2.01. The van der Waals surface area contributed by atoms with E-state index < -0.39 is 0 Å². The molecule has 2 rings (SSSR count). The maximum atomic E-state index is 9.45. The molecule has 0 bridgehead atoms. The van der Waals surface area contributed by atoms with E-state index in [9.17, 15) is 10.2 Å². The Balaban J connectivity index is 2.14. The summed E-state index contributed by atoms with van der Waals surface area (Å²) in [5, 5.41) is 18.7. The number of ether oxygens (including phenoxy) is 2. The average Bonchev–Trinajstić information content (AvgIpc) is 2.50. The molecule has 2 aromatic rings. The Kier molecular flexibility index (Phi) is 4.72. The highest BCUT2D eigenvalue weighted by molar-refractivity contribution is 5.55. The summed E-state index contributed by atoms with van der Waals surface area (Å²) in [4.78, 5) is 0. The molecule has 0 aliphatic rings. The Labute approximate surface area is 123 Å². The molecule has 0 aliphatic heterocycles. The molecule has 0 heterocycles. The smallest absolute Gasteiger partial charge is 0.157 e. The van der Waals surface area contributed by atoms with Crippen LogP contribution in [0, 0.1) is 0 Å². The summed E-state index contributed by atoms with van der Waals surface area (Å²) < 4.78 is 10.5. The minimum atomic E-state index is -0.129. The summed E-state index contributed by atoms with van der Waals surface area (Å²) >= 11 is 0. The molecule has 0 saturated heterocycles. The van der Waals surface area contributed by atoms with Crippen LogP contribution in [0.15, 0.2) is 42.5 Å². The van der Waals surface area contributed by atoms with Crippen molar-refractivity contribution in [3.63, 3.8) is 0 Å². The second-order valence-corrected chi connectivity index (χ2v) is 4.53. The molecular weight excluding hydrogens is 268 g/mol. The van der Waals surface area contributed by atoms with E-state index in [4.69, 9.17) is 9.47 Å². The van der Waals surface area contributed by atoms with E-state index in [-0.39, 0.29) is 11.5 Å². The number of phenols is 2. The first-order valence-electron chi connectivity index (χ1n) is 6.53. The molecular formula is C17H18O4. The first-order chi connectivity index (χ1) is 10.1. The number of aromatic hydroxyl groups is 2. The lowest BCUT2D eigenvalue weighted by atomic mass is 10.1. The van der Waals surface area contributed by atoms with Crippen molar-refractivity contribution >= 4 is 6.08 Å². The summed E-state index contributed by atoms with van der Waals surface area (Å²) in [5.74, 6) is 1.33. The normalized spacial score (nSPS) is 10.8. The molecule has 2 N–H and O–H groups in total. The van der Waals surface area contributed by atoms with Crippen LogP contribution >= 0.6 is 0 Å². The first-order valence-corrected chi connectivity index (χ1v) is 6.53. The Hall–Kier alpha value is -2.62. The third kappa shape index (κ3) is 3.69. The molecule has 0 atom stereocenters. The van der Waals surface area contributed by atoms with Gasteiger partial charge in [0.2, 0.25) is 0 Å². The number of phenolic OH excluding ortho intramolecular Hbond substituents is 2. The molecule has 2 aromatic carbocycles.